The van der Waals surface area contributed by atoms with Crippen molar-refractivity contribution in [3.05, 3.63) is 27.8 Å². The number of pyridine rings is 1. The summed E-state index contributed by atoms with van der Waals surface area (Å²) in [5.74, 6) is -0.982. The number of aromatic nitrogens is 1. The number of hydrogen-bond acceptors (Lipinski definition) is 4. The van der Waals surface area contributed by atoms with Gasteiger partial charge in [0.2, 0.25) is 0 Å². The highest BCUT2D eigenvalue weighted by molar-refractivity contribution is 7.18. The average molecular weight is 307 g/mol. The third-order valence-electron chi connectivity index (χ3n) is 3.26. The molecule has 0 spiro atoms. The van der Waals surface area contributed by atoms with E-state index in [1.54, 1.807) is 11.3 Å². The standard InChI is InChI=1S/C16H21NO3S/c1-8-7-11-9(2)12(10(3)17-14(11)21-8)13(15(18)19)20-16(4,5)6/h7,13H,1-6H3,(H,18,19). The van der Waals surface area contributed by atoms with Gasteiger partial charge in [-0.05, 0) is 53.2 Å². The van der Waals surface area contributed by atoms with Gasteiger partial charge in [0.25, 0.3) is 0 Å². The van der Waals surface area contributed by atoms with E-state index in [1.165, 1.54) is 4.88 Å². The van der Waals surface area contributed by atoms with E-state index in [0.29, 0.717) is 5.56 Å². The number of aryl methyl sites for hydroxylation is 3. The lowest BCUT2D eigenvalue weighted by Gasteiger charge is -2.27. The lowest BCUT2D eigenvalue weighted by molar-refractivity contribution is -0.160. The van der Waals surface area contributed by atoms with Crippen LogP contribution >= 0.6 is 11.3 Å². The number of carboxylic acids is 1. The molecule has 0 aliphatic carbocycles. The van der Waals surface area contributed by atoms with Crippen LogP contribution in [0.5, 0.6) is 0 Å². The summed E-state index contributed by atoms with van der Waals surface area (Å²) in [7, 11) is 0. The first-order chi connectivity index (χ1) is 9.60. The minimum Gasteiger partial charge on any atom is -0.479 e. The van der Waals surface area contributed by atoms with Gasteiger partial charge in [0.05, 0.1) is 5.60 Å². The van der Waals surface area contributed by atoms with Crippen LogP contribution in [0.25, 0.3) is 10.2 Å². The van der Waals surface area contributed by atoms with E-state index in [0.717, 1.165) is 21.5 Å². The summed E-state index contributed by atoms with van der Waals surface area (Å²) >= 11 is 1.62. The maximum atomic E-state index is 11.7. The van der Waals surface area contributed by atoms with E-state index in [4.69, 9.17) is 4.74 Å². The van der Waals surface area contributed by atoms with Gasteiger partial charge in [-0.2, -0.15) is 0 Å². The van der Waals surface area contributed by atoms with E-state index < -0.39 is 17.7 Å². The predicted octanol–water partition coefficient (Wildman–Crippen LogP) is 4.16. The summed E-state index contributed by atoms with van der Waals surface area (Å²) in [6.45, 7) is 11.4. The summed E-state index contributed by atoms with van der Waals surface area (Å²) in [5.41, 5.74) is 1.79. The molecule has 1 N–H and O–H groups in total. The van der Waals surface area contributed by atoms with Crippen LogP contribution in [0.1, 0.15) is 48.6 Å². The fraction of sp³-hybridized carbons (Fsp3) is 0.500. The van der Waals surface area contributed by atoms with Crippen molar-refractivity contribution in [3.8, 4) is 0 Å². The van der Waals surface area contributed by atoms with Crippen molar-refractivity contribution in [1.29, 1.82) is 0 Å². The molecule has 4 nitrogen and oxygen atoms in total. The molecule has 2 aromatic rings. The molecule has 0 aliphatic heterocycles. The number of fused-ring (bicyclic) bond motifs is 1. The van der Waals surface area contributed by atoms with Crippen LogP contribution in [0, 0.1) is 20.8 Å². The third-order valence-corrected chi connectivity index (χ3v) is 4.20. The van der Waals surface area contributed by atoms with Crippen molar-refractivity contribution in [2.45, 2.75) is 53.2 Å². The molecule has 0 aliphatic rings. The number of ether oxygens (including phenoxy) is 1. The Bertz CT molecular complexity index is 698. The lowest BCUT2D eigenvalue weighted by atomic mass is 9.99. The first-order valence-corrected chi connectivity index (χ1v) is 7.69. The topological polar surface area (TPSA) is 59.4 Å². The average Bonchev–Trinajstić information content (AvgIpc) is 2.66. The molecule has 1 unspecified atom stereocenters. The fourth-order valence-electron chi connectivity index (χ4n) is 2.46. The summed E-state index contributed by atoms with van der Waals surface area (Å²) in [5, 5.41) is 10.6. The maximum Gasteiger partial charge on any atom is 0.337 e. The first kappa shape index (κ1) is 15.9. The highest BCUT2D eigenvalue weighted by Gasteiger charge is 2.30. The van der Waals surface area contributed by atoms with Gasteiger partial charge in [0.15, 0.2) is 6.10 Å². The Balaban J connectivity index is 2.64. The molecule has 0 aromatic carbocycles. The molecule has 2 heterocycles. The molecule has 0 saturated carbocycles. The minimum atomic E-state index is -0.998. The highest BCUT2D eigenvalue weighted by Crippen LogP contribution is 2.35. The molecular formula is C16H21NO3S. The van der Waals surface area contributed by atoms with Gasteiger partial charge in [-0.25, -0.2) is 9.78 Å². The molecule has 5 heteroatoms. The largest absolute Gasteiger partial charge is 0.479 e. The number of aliphatic carboxylic acids is 1. The molecule has 2 aromatic heterocycles. The van der Waals surface area contributed by atoms with Gasteiger partial charge >= 0.3 is 5.97 Å². The number of rotatable bonds is 3. The summed E-state index contributed by atoms with van der Waals surface area (Å²) in [6, 6.07) is 2.06. The van der Waals surface area contributed by atoms with Crippen LogP contribution in [-0.2, 0) is 9.53 Å². The Kier molecular flexibility index (Phi) is 4.08. The van der Waals surface area contributed by atoms with Crippen LogP contribution in [0.2, 0.25) is 0 Å². The summed E-state index contributed by atoms with van der Waals surface area (Å²) in [6.07, 6.45) is -0.998. The van der Waals surface area contributed by atoms with Gasteiger partial charge < -0.3 is 9.84 Å². The molecule has 1 atom stereocenters. The SMILES string of the molecule is Cc1cc2c(C)c(C(OC(C)(C)C)C(=O)O)c(C)nc2s1. The predicted molar refractivity (Wildman–Crippen MR) is 85.0 cm³/mol. The Morgan fingerprint density at radius 2 is 1.95 bits per heavy atom. The molecule has 0 saturated heterocycles. The van der Waals surface area contributed by atoms with Crippen molar-refractivity contribution in [3.63, 3.8) is 0 Å². The van der Waals surface area contributed by atoms with Crippen molar-refractivity contribution >= 4 is 27.5 Å². The lowest BCUT2D eigenvalue weighted by Crippen LogP contribution is -2.28. The molecule has 0 fully saturated rings. The smallest absolute Gasteiger partial charge is 0.337 e. The second-order valence-electron chi connectivity index (χ2n) is 6.26. The van der Waals surface area contributed by atoms with E-state index in [-0.39, 0.29) is 0 Å². The number of carbonyl (C=O) groups is 1. The zero-order chi connectivity index (χ0) is 15.9. The molecule has 0 bridgehead atoms. The van der Waals surface area contributed by atoms with Gasteiger partial charge in [-0.15, -0.1) is 11.3 Å². The molecule has 0 amide bonds. The van der Waals surface area contributed by atoms with E-state index in [2.05, 4.69) is 11.1 Å². The molecular weight excluding hydrogens is 286 g/mol. The molecule has 2 rings (SSSR count). The molecule has 0 radical (unpaired) electrons. The Morgan fingerprint density at radius 1 is 1.33 bits per heavy atom. The number of thiophene rings is 1. The summed E-state index contributed by atoms with van der Waals surface area (Å²) in [4.78, 5) is 18.4. The molecule has 21 heavy (non-hydrogen) atoms. The number of hydrogen-bond donors (Lipinski definition) is 1. The second kappa shape index (κ2) is 5.39. The van der Waals surface area contributed by atoms with E-state index >= 15 is 0 Å². The third kappa shape index (κ3) is 3.24. The van der Waals surface area contributed by atoms with E-state index in [1.807, 2.05) is 41.5 Å². The van der Waals surface area contributed by atoms with Crippen molar-refractivity contribution in [1.82, 2.24) is 4.98 Å². The first-order valence-electron chi connectivity index (χ1n) is 6.88. The Morgan fingerprint density at radius 3 is 2.48 bits per heavy atom. The van der Waals surface area contributed by atoms with Crippen LogP contribution in [0.15, 0.2) is 6.07 Å². The maximum absolute atomic E-state index is 11.7. The highest BCUT2D eigenvalue weighted by atomic mass is 32.1. The number of carboxylic acid groups (broad SMARTS) is 1. The van der Waals surface area contributed by atoms with Gasteiger partial charge in [-0.1, -0.05) is 0 Å². The number of nitrogens with zero attached hydrogens (tertiary/aromatic N) is 1. The van der Waals surface area contributed by atoms with Gasteiger partial charge in [0, 0.05) is 21.5 Å². The van der Waals surface area contributed by atoms with Crippen LogP contribution in [-0.4, -0.2) is 21.7 Å². The second-order valence-corrected chi connectivity index (χ2v) is 7.50. The quantitative estimate of drug-likeness (QED) is 0.925. The Hall–Kier alpha value is -1.46. The van der Waals surface area contributed by atoms with Crippen LogP contribution in [0.4, 0.5) is 0 Å². The monoisotopic (exact) mass is 307 g/mol. The van der Waals surface area contributed by atoms with Crippen molar-refractivity contribution < 1.29 is 14.6 Å². The van der Waals surface area contributed by atoms with Crippen LogP contribution < -0.4 is 0 Å². The van der Waals surface area contributed by atoms with Crippen molar-refractivity contribution in [2.75, 3.05) is 0 Å². The van der Waals surface area contributed by atoms with Crippen LogP contribution in [0.3, 0.4) is 0 Å². The zero-order valence-corrected chi connectivity index (χ0v) is 14.1. The zero-order valence-electron chi connectivity index (χ0n) is 13.3. The summed E-state index contributed by atoms with van der Waals surface area (Å²) < 4.78 is 5.77. The van der Waals surface area contributed by atoms with E-state index in [9.17, 15) is 9.90 Å². The normalized spacial score (nSPS) is 13.6. The van der Waals surface area contributed by atoms with Gasteiger partial charge in [0.1, 0.15) is 4.83 Å². The molecule has 114 valence electrons. The fourth-order valence-corrected chi connectivity index (χ4v) is 3.44. The Labute approximate surface area is 128 Å². The minimum absolute atomic E-state index is 0.540. The van der Waals surface area contributed by atoms with Crippen molar-refractivity contribution in [2.24, 2.45) is 0 Å². The van der Waals surface area contributed by atoms with Gasteiger partial charge in [-0.3, -0.25) is 0 Å².